The number of hydrogen-bond donors (Lipinski definition) is 1. The number of rotatable bonds is 4. The third-order valence-electron chi connectivity index (χ3n) is 5.38. The summed E-state index contributed by atoms with van der Waals surface area (Å²) < 4.78 is 5.29. The molecule has 0 aliphatic heterocycles. The Morgan fingerprint density at radius 3 is 2.19 bits per heavy atom. The molecule has 0 atom stereocenters. The quantitative estimate of drug-likeness (QED) is 0.609. The fourth-order valence-corrected chi connectivity index (χ4v) is 4.95. The average Bonchev–Trinajstić information content (AvgIpc) is 3.15. The number of benzene rings is 2. The summed E-state index contributed by atoms with van der Waals surface area (Å²) in [7, 11) is 1.67. The van der Waals surface area contributed by atoms with Gasteiger partial charge in [0.2, 0.25) is 0 Å². The van der Waals surface area contributed by atoms with Crippen molar-refractivity contribution < 1.29 is 9.84 Å². The van der Waals surface area contributed by atoms with Crippen LogP contribution in [-0.2, 0) is 5.60 Å². The highest BCUT2D eigenvalue weighted by Gasteiger charge is 2.35. The minimum Gasteiger partial charge on any atom is -0.497 e. The molecule has 0 bridgehead atoms. The number of aromatic nitrogens is 1. The standard InChI is InChI=1S/C23H25NO2S/c1-16-6-8-18(9-7-16)21-20(17-10-12-19(26-2)13-11-17)24-22(27-21)23(25)14-4-3-5-15-23/h6-13,25H,3-5,14-15H2,1-2H3. The smallest absolute Gasteiger partial charge is 0.126 e. The molecular formula is C23H25NO2S. The van der Waals surface area contributed by atoms with Crippen LogP contribution in [0, 0.1) is 6.92 Å². The molecule has 1 saturated carbocycles. The van der Waals surface area contributed by atoms with Crippen molar-refractivity contribution in [2.45, 2.75) is 44.6 Å². The highest BCUT2D eigenvalue weighted by Crippen LogP contribution is 2.45. The normalized spacial score (nSPS) is 16.3. The number of aryl methyl sites for hydroxylation is 1. The maximum atomic E-state index is 11.2. The van der Waals surface area contributed by atoms with Crippen molar-refractivity contribution in [2.24, 2.45) is 0 Å². The summed E-state index contributed by atoms with van der Waals surface area (Å²) in [4.78, 5) is 6.08. The van der Waals surface area contributed by atoms with Crippen molar-refractivity contribution in [2.75, 3.05) is 7.11 Å². The lowest BCUT2D eigenvalue weighted by atomic mass is 9.85. The van der Waals surface area contributed by atoms with Gasteiger partial charge in [-0.15, -0.1) is 11.3 Å². The monoisotopic (exact) mass is 379 g/mol. The minimum atomic E-state index is -0.785. The van der Waals surface area contributed by atoms with Gasteiger partial charge in [0.15, 0.2) is 0 Å². The van der Waals surface area contributed by atoms with Gasteiger partial charge in [-0.2, -0.15) is 0 Å². The van der Waals surface area contributed by atoms with Crippen LogP contribution in [0.15, 0.2) is 48.5 Å². The van der Waals surface area contributed by atoms with Crippen LogP contribution in [-0.4, -0.2) is 17.2 Å². The van der Waals surface area contributed by atoms with E-state index in [9.17, 15) is 5.11 Å². The van der Waals surface area contributed by atoms with Crippen molar-refractivity contribution >= 4 is 11.3 Å². The first kappa shape index (κ1) is 18.2. The van der Waals surface area contributed by atoms with Gasteiger partial charge in [-0.1, -0.05) is 49.1 Å². The van der Waals surface area contributed by atoms with Crippen LogP contribution in [0.4, 0.5) is 0 Å². The molecule has 1 aromatic heterocycles. The summed E-state index contributed by atoms with van der Waals surface area (Å²) in [6.07, 6.45) is 4.93. The van der Waals surface area contributed by atoms with E-state index in [0.29, 0.717) is 0 Å². The predicted molar refractivity (Wildman–Crippen MR) is 111 cm³/mol. The van der Waals surface area contributed by atoms with Crippen LogP contribution in [0.2, 0.25) is 0 Å². The van der Waals surface area contributed by atoms with Gasteiger partial charge < -0.3 is 9.84 Å². The lowest BCUT2D eigenvalue weighted by molar-refractivity contribution is -0.000738. The Bertz CT molecular complexity index is 907. The highest BCUT2D eigenvalue weighted by atomic mass is 32.1. The molecule has 1 N–H and O–H groups in total. The van der Waals surface area contributed by atoms with Gasteiger partial charge in [0.25, 0.3) is 0 Å². The van der Waals surface area contributed by atoms with Crippen LogP contribution in [0.25, 0.3) is 21.7 Å². The lowest BCUT2D eigenvalue weighted by Gasteiger charge is -2.29. The lowest BCUT2D eigenvalue weighted by Crippen LogP contribution is -2.28. The van der Waals surface area contributed by atoms with E-state index in [1.807, 2.05) is 24.3 Å². The van der Waals surface area contributed by atoms with Gasteiger partial charge in [-0.05, 0) is 49.6 Å². The summed E-state index contributed by atoms with van der Waals surface area (Å²) in [5.41, 5.74) is 3.59. The Balaban J connectivity index is 1.82. The third-order valence-corrected chi connectivity index (χ3v) is 6.68. The van der Waals surface area contributed by atoms with Crippen LogP contribution in [0.5, 0.6) is 5.75 Å². The molecule has 27 heavy (non-hydrogen) atoms. The second-order valence-electron chi connectivity index (χ2n) is 7.38. The van der Waals surface area contributed by atoms with Gasteiger partial charge in [-0.25, -0.2) is 4.98 Å². The molecule has 4 heteroatoms. The first-order valence-corrected chi connectivity index (χ1v) is 10.4. The van der Waals surface area contributed by atoms with E-state index in [-0.39, 0.29) is 0 Å². The number of hydrogen-bond acceptors (Lipinski definition) is 4. The molecular weight excluding hydrogens is 354 g/mol. The van der Waals surface area contributed by atoms with E-state index in [4.69, 9.17) is 9.72 Å². The number of aliphatic hydroxyl groups is 1. The number of thiazole rings is 1. The Morgan fingerprint density at radius 1 is 0.926 bits per heavy atom. The first-order valence-electron chi connectivity index (χ1n) is 9.54. The second kappa shape index (κ2) is 7.45. The van der Waals surface area contributed by atoms with E-state index < -0.39 is 5.60 Å². The molecule has 2 aromatic carbocycles. The van der Waals surface area contributed by atoms with Gasteiger partial charge in [0, 0.05) is 5.56 Å². The number of ether oxygens (including phenoxy) is 1. The Hall–Kier alpha value is -2.17. The summed E-state index contributed by atoms with van der Waals surface area (Å²) in [5, 5.41) is 12.1. The predicted octanol–water partition coefficient (Wildman–Crippen LogP) is 5.95. The molecule has 140 valence electrons. The van der Waals surface area contributed by atoms with E-state index in [1.54, 1.807) is 18.4 Å². The maximum Gasteiger partial charge on any atom is 0.126 e. The zero-order valence-corrected chi connectivity index (χ0v) is 16.7. The molecule has 0 amide bonds. The van der Waals surface area contributed by atoms with Crippen LogP contribution >= 0.6 is 11.3 Å². The molecule has 1 aliphatic carbocycles. The Kier molecular flexibility index (Phi) is 5.02. The molecule has 0 unspecified atom stereocenters. The Labute approximate surface area is 164 Å². The topological polar surface area (TPSA) is 42.4 Å². The summed E-state index contributed by atoms with van der Waals surface area (Å²) in [5.74, 6) is 0.831. The zero-order chi connectivity index (χ0) is 18.9. The average molecular weight is 380 g/mol. The van der Waals surface area contributed by atoms with Crippen molar-refractivity contribution in [1.82, 2.24) is 4.98 Å². The van der Waals surface area contributed by atoms with E-state index >= 15 is 0 Å². The van der Waals surface area contributed by atoms with Gasteiger partial charge in [-0.3, -0.25) is 0 Å². The summed E-state index contributed by atoms with van der Waals surface area (Å²) >= 11 is 1.64. The molecule has 3 nitrogen and oxygen atoms in total. The third kappa shape index (κ3) is 3.64. The summed E-state index contributed by atoms with van der Waals surface area (Å²) in [6.45, 7) is 2.09. The first-order chi connectivity index (χ1) is 13.1. The van der Waals surface area contributed by atoms with E-state index in [2.05, 4.69) is 31.2 Å². The SMILES string of the molecule is COc1ccc(-c2nc(C3(O)CCCCC3)sc2-c2ccc(C)cc2)cc1. The van der Waals surface area contributed by atoms with E-state index in [1.165, 1.54) is 12.0 Å². The van der Waals surface area contributed by atoms with Crippen LogP contribution in [0.1, 0.15) is 42.7 Å². The molecule has 4 rings (SSSR count). The zero-order valence-electron chi connectivity index (χ0n) is 15.9. The number of methoxy groups -OCH3 is 1. The minimum absolute atomic E-state index is 0.785. The molecule has 1 aliphatic rings. The van der Waals surface area contributed by atoms with Crippen molar-refractivity contribution in [3.8, 4) is 27.4 Å². The van der Waals surface area contributed by atoms with Gasteiger partial charge in [0.1, 0.15) is 16.4 Å². The Morgan fingerprint density at radius 2 is 1.56 bits per heavy atom. The van der Waals surface area contributed by atoms with E-state index in [0.717, 1.165) is 58.1 Å². The summed E-state index contributed by atoms with van der Waals surface area (Å²) in [6, 6.07) is 16.5. The highest BCUT2D eigenvalue weighted by molar-refractivity contribution is 7.15. The molecule has 0 saturated heterocycles. The molecule has 1 fully saturated rings. The van der Waals surface area contributed by atoms with Crippen molar-refractivity contribution in [3.05, 3.63) is 59.1 Å². The number of nitrogens with zero attached hydrogens (tertiary/aromatic N) is 1. The fraction of sp³-hybridized carbons (Fsp3) is 0.348. The van der Waals surface area contributed by atoms with Gasteiger partial charge >= 0.3 is 0 Å². The molecule has 1 heterocycles. The van der Waals surface area contributed by atoms with Gasteiger partial charge in [0.05, 0.1) is 17.7 Å². The maximum absolute atomic E-state index is 11.2. The van der Waals surface area contributed by atoms with Crippen molar-refractivity contribution in [3.63, 3.8) is 0 Å². The van der Waals surface area contributed by atoms with Crippen LogP contribution < -0.4 is 4.74 Å². The fourth-order valence-electron chi connectivity index (χ4n) is 3.71. The van der Waals surface area contributed by atoms with Crippen molar-refractivity contribution in [1.29, 1.82) is 0 Å². The largest absolute Gasteiger partial charge is 0.497 e. The molecule has 0 spiro atoms. The second-order valence-corrected chi connectivity index (χ2v) is 8.38. The molecule has 3 aromatic rings. The van der Waals surface area contributed by atoms with Crippen LogP contribution in [0.3, 0.4) is 0 Å². The molecule has 0 radical (unpaired) electrons.